The second-order valence-electron chi connectivity index (χ2n) is 6.06. The molecule has 26 heavy (non-hydrogen) atoms. The maximum Gasteiger partial charge on any atom is 0.239 e. The summed E-state index contributed by atoms with van der Waals surface area (Å²) in [5.41, 5.74) is 1.74. The zero-order chi connectivity index (χ0) is 18.9. The van der Waals surface area contributed by atoms with Gasteiger partial charge >= 0.3 is 0 Å². The molecule has 1 aromatic heterocycles. The molecule has 2 heterocycles. The minimum absolute atomic E-state index is 0.169. The molecule has 138 valence electrons. The number of hydrogen-bond acceptors (Lipinski definition) is 5. The van der Waals surface area contributed by atoms with E-state index >= 15 is 0 Å². The third-order valence-corrected chi connectivity index (χ3v) is 5.96. The second kappa shape index (κ2) is 6.91. The van der Waals surface area contributed by atoms with Crippen LogP contribution >= 0.6 is 0 Å². The van der Waals surface area contributed by atoms with Gasteiger partial charge in [-0.3, -0.25) is 5.41 Å². The highest BCUT2D eigenvalue weighted by Crippen LogP contribution is 2.25. The summed E-state index contributed by atoms with van der Waals surface area (Å²) in [6, 6.07) is 7.25. The molecule has 1 aliphatic rings. The number of benzene rings is 1. The molecular formula is C17H19FN4O3S. The molecule has 0 amide bonds. The highest BCUT2D eigenvalue weighted by atomic mass is 32.2. The zero-order valence-corrected chi connectivity index (χ0v) is 15.2. The molecular weight excluding hydrogens is 359 g/mol. The van der Waals surface area contributed by atoms with Gasteiger partial charge in [0.25, 0.3) is 0 Å². The van der Waals surface area contributed by atoms with Crippen molar-refractivity contribution in [2.24, 2.45) is 0 Å². The predicted molar refractivity (Wildman–Crippen MR) is 94.9 cm³/mol. The Morgan fingerprint density at radius 3 is 2.88 bits per heavy atom. The minimum atomic E-state index is -3.66. The van der Waals surface area contributed by atoms with Crippen LogP contribution in [0.1, 0.15) is 22.7 Å². The lowest BCUT2D eigenvalue weighted by Crippen LogP contribution is -2.52. The van der Waals surface area contributed by atoms with Crippen LogP contribution < -0.4 is 10.1 Å². The Labute approximate surface area is 151 Å². The molecule has 0 unspecified atom stereocenters. The molecule has 9 heteroatoms. The van der Waals surface area contributed by atoms with Gasteiger partial charge in [0.2, 0.25) is 21.9 Å². The fourth-order valence-corrected chi connectivity index (χ4v) is 3.89. The molecule has 0 saturated carbocycles. The van der Waals surface area contributed by atoms with Gasteiger partial charge in [-0.2, -0.15) is 0 Å². The second-order valence-corrected chi connectivity index (χ2v) is 8.11. The summed E-state index contributed by atoms with van der Waals surface area (Å²) in [5, 5.41) is 10.5. The first-order valence-corrected chi connectivity index (χ1v) is 9.53. The number of nitrogens with one attached hydrogen (secondary N) is 2. The van der Waals surface area contributed by atoms with Crippen LogP contribution in [-0.4, -0.2) is 36.5 Å². The van der Waals surface area contributed by atoms with Gasteiger partial charge in [0.15, 0.2) is 0 Å². The largest absolute Gasteiger partial charge is 0.473 e. The number of sulfonamides is 1. The molecule has 1 saturated heterocycles. The van der Waals surface area contributed by atoms with E-state index in [2.05, 4.69) is 10.3 Å². The Bertz CT molecular complexity index is 949. The van der Waals surface area contributed by atoms with Gasteiger partial charge in [-0.25, -0.2) is 22.1 Å². The quantitative estimate of drug-likeness (QED) is 0.848. The maximum atomic E-state index is 14.3. The van der Waals surface area contributed by atoms with Gasteiger partial charge in [-0.15, -0.1) is 0 Å². The van der Waals surface area contributed by atoms with E-state index in [1.807, 2.05) is 13.0 Å². The van der Waals surface area contributed by atoms with Crippen molar-refractivity contribution < 1.29 is 17.5 Å². The van der Waals surface area contributed by atoms with Crippen LogP contribution in [0, 0.1) is 18.2 Å². The van der Waals surface area contributed by atoms with Gasteiger partial charge in [0.1, 0.15) is 12.4 Å². The van der Waals surface area contributed by atoms with Crippen LogP contribution in [0.3, 0.4) is 0 Å². The molecule has 1 aromatic carbocycles. The molecule has 2 N–H and O–H groups in total. The van der Waals surface area contributed by atoms with Crippen molar-refractivity contribution in [1.82, 2.24) is 14.6 Å². The molecule has 0 spiro atoms. The van der Waals surface area contributed by atoms with Crippen molar-refractivity contribution in [2.45, 2.75) is 19.6 Å². The number of ether oxygens (including phenoxy) is 1. The molecule has 1 atom stereocenters. The first-order chi connectivity index (χ1) is 12.3. The molecule has 1 fully saturated rings. The lowest BCUT2D eigenvalue weighted by Gasteiger charge is -2.32. The summed E-state index contributed by atoms with van der Waals surface area (Å²) in [7, 11) is -2.37. The normalized spacial score (nSPS) is 19.1. The van der Waals surface area contributed by atoms with E-state index < -0.39 is 21.9 Å². The van der Waals surface area contributed by atoms with Crippen LogP contribution in [0.2, 0.25) is 0 Å². The van der Waals surface area contributed by atoms with Gasteiger partial charge in [0.05, 0.1) is 11.8 Å². The first kappa shape index (κ1) is 18.1. The van der Waals surface area contributed by atoms with Crippen LogP contribution in [0.5, 0.6) is 5.88 Å². The molecule has 2 aromatic rings. The van der Waals surface area contributed by atoms with Crippen LogP contribution in [0.4, 0.5) is 4.39 Å². The minimum Gasteiger partial charge on any atom is -0.473 e. The average molecular weight is 378 g/mol. The molecule has 1 aliphatic heterocycles. The fourth-order valence-electron chi connectivity index (χ4n) is 2.65. The van der Waals surface area contributed by atoms with E-state index in [4.69, 9.17) is 10.1 Å². The van der Waals surface area contributed by atoms with E-state index in [0.29, 0.717) is 11.4 Å². The van der Waals surface area contributed by atoms with Crippen molar-refractivity contribution in [3.63, 3.8) is 0 Å². The van der Waals surface area contributed by atoms with Gasteiger partial charge < -0.3 is 10.1 Å². The third kappa shape index (κ3) is 3.62. The van der Waals surface area contributed by atoms with Crippen molar-refractivity contribution >= 4 is 16.0 Å². The highest BCUT2D eigenvalue weighted by Gasteiger charge is 2.34. The maximum absolute atomic E-state index is 14.3. The Kier molecular flexibility index (Phi) is 4.82. The summed E-state index contributed by atoms with van der Waals surface area (Å²) < 4.78 is 45.0. The predicted octanol–water partition coefficient (Wildman–Crippen LogP) is 1.95. The smallest absolute Gasteiger partial charge is 0.239 e. The van der Waals surface area contributed by atoms with Crippen molar-refractivity contribution in [1.29, 1.82) is 5.41 Å². The number of pyridine rings is 1. The SMILES string of the molecule is Cc1cccnc1OCc1ccc(F)c([C@@H]2CS(=O)(=O)N(C)C(=N)N2)c1. The Hall–Kier alpha value is -2.68. The summed E-state index contributed by atoms with van der Waals surface area (Å²) in [6.07, 6.45) is 1.62. The number of rotatable bonds is 4. The highest BCUT2D eigenvalue weighted by molar-refractivity contribution is 7.89. The van der Waals surface area contributed by atoms with Gasteiger partial charge in [-0.05, 0) is 30.7 Å². The van der Waals surface area contributed by atoms with Crippen molar-refractivity contribution in [3.05, 3.63) is 59.0 Å². The van der Waals surface area contributed by atoms with Crippen LogP contribution in [-0.2, 0) is 16.6 Å². The molecule has 3 rings (SSSR count). The fraction of sp³-hybridized carbons (Fsp3) is 0.294. The Morgan fingerprint density at radius 1 is 1.42 bits per heavy atom. The molecule has 0 bridgehead atoms. The number of nitrogens with zero attached hydrogens (tertiary/aromatic N) is 2. The summed E-state index contributed by atoms with van der Waals surface area (Å²) in [4.78, 5) is 4.14. The number of hydrogen-bond donors (Lipinski definition) is 2. The van der Waals surface area contributed by atoms with Crippen molar-refractivity contribution in [3.8, 4) is 5.88 Å². The van der Waals surface area contributed by atoms with E-state index in [1.54, 1.807) is 24.4 Å². The van der Waals surface area contributed by atoms with Gasteiger partial charge in [0, 0.05) is 24.4 Å². The van der Waals surface area contributed by atoms with Crippen LogP contribution in [0.25, 0.3) is 0 Å². The van der Waals surface area contributed by atoms with E-state index in [1.165, 1.54) is 13.1 Å². The zero-order valence-electron chi connectivity index (χ0n) is 14.4. The Balaban J connectivity index is 1.82. The lowest BCUT2D eigenvalue weighted by molar-refractivity contribution is 0.291. The number of aromatic nitrogens is 1. The molecule has 0 aliphatic carbocycles. The monoisotopic (exact) mass is 378 g/mol. The van der Waals surface area contributed by atoms with E-state index in [9.17, 15) is 12.8 Å². The lowest BCUT2D eigenvalue weighted by atomic mass is 10.0. The van der Waals surface area contributed by atoms with Gasteiger partial charge in [-0.1, -0.05) is 12.1 Å². The van der Waals surface area contributed by atoms with E-state index in [0.717, 1.165) is 9.87 Å². The van der Waals surface area contributed by atoms with Crippen LogP contribution in [0.15, 0.2) is 36.5 Å². The average Bonchev–Trinajstić information content (AvgIpc) is 2.59. The van der Waals surface area contributed by atoms with Crippen molar-refractivity contribution in [2.75, 3.05) is 12.8 Å². The number of aryl methyl sites for hydroxylation is 1. The number of halogens is 1. The summed E-state index contributed by atoms with van der Waals surface area (Å²) in [6.45, 7) is 2.04. The topological polar surface area (TPSA) is 95.4 Å². The Morgan fingerprint density at radius 2 is 2.19 bits per heavy atom. The standard InChI is InChI=1S/C17H19FN4O3S/c1-11-4-3-7-20-16(11)25-9-12-5-6-14(18)13(8-12)15-10-26(23,24)22(2)17(19)21-15/h3-8,15H,9-10H2,1-2H3,(H2,19,21)/t15-/m0/s1. The van der Waals surface area contributed by atoms with E-state index in [-0.39, 0.29) is 23.9 Å². The summed E-state index contributed by atoms with van der Waals surface area (Å²) >= 11 is 0. The number of guanidine groups is 1. The molecule has 7 nitrogen and oxygen atoms in total. The first-order valence-electron chi connectivity index (χ1n) is 7.92. The summed E-state index contributed by atoms with van der Waals surface area (Å²) in [5.74, 6) is -0.661. The third-order valence-electron chi connectivity index (χ3n) is 4.19. The molecule has 0 radical (unpaired) electrons.